The predicted octanol–water partition coefficient (Wildman–Crippen LogP) is 5.22. The average Bonchev–Trinajstić information content (AvgIpc) is 2.27. The smallest absolute Gasteiger partial charge is 0.308 e. The lowest BCUT2D eigenvalue weighted by molar-refractivity contribution is -0.135. The van der Waals surface area contributed by atoms with Crippen molar-refractivity contribution in [1.82, 2.24) is 5.32 Å². The largest absolute Gasteiger partial charge is 0.389 e. The van der Waals surface area contributed by atoms with Crippen molar-refractivity contribution in [2.24, 2.45) is 0 Å². The molecule has 2 atom stereocenters. The van der Waals surface area contributed by atoms with Gasteiger partial charge < -0.3 is 5.32 Å². The second-order valence-corrected chi connectivity index (χ2v) is 5.77. The van der Waals surface area contributed by atoms with Crippen LogP contribution in [0.5, 0.6) is 0 Å². The third-order valence-corrected chi connectivity index (χ3v) is 3.47. The Morgan fingerprint density at radius 2 is 1.95 bits per heavy atom. The van der Waals surface area contributed by atoms with Crippen LogP contribution < -0.4 is 5.32 Å². The molecule has 1 rings (SSSR count). The van der Waals surface area contributed by atoms with Gasteiger partial charge >= 0.3 is 6.18 Å². The molecule has 0 aliphatic rings. The Labute approximate surface area is 120 Å². The van der Waals surface area contributed by atoms with E-state index in [1.165, 1.54) is 0 Å². The lowest BCUT2D eigenvalue weighted by Crippen LogP contribution is -2.29. The Kier molecular flexibility index (Phi) is 6.33. The van der Waals surface area contributed by atoms with Gasteiger partial charge in [-0.15, -0.1) is 0 Å². The van der Waals surface area contributed by atoms with Crippen LogP contribution in [0, 0.1) is 0 Å². The Morgan fingerprint density at radius 3 is 2.53 bits per heavy atom. The minimum absolute atomic E-state index is 0.0660. The summed E-state index contributed by atoms with van der Waals surface area (Å²) in [7, 11) is 0. The molecule has 0 radical (unpaired) electrons. The summed E-state index contributed by atoms with van der Waals surface area (Å²) in [5.74, 6) is 0. The van der Waals surface area contributed by atoms with E-state index in [4.69, 9.17) is 0 Å². The van der Waals surface area contributed by atoms with Gasteiger partial charge in [-0.05, 0) is 44.4 Å². The van der Waals surface area contributed by atoms with Crippen molar-refractivity contribution >= 4 is 15.9 Å². The zero-order chi connectivity index (χ0) is 14.5. The maximum absolute atomic E-state index is 12.1. The maximum Gasteiger partial charge on any atom is 0.389 e. The topological polar surface area (TPSA) is 12.0 Å². The molecule has 1 nitrogen and oxygen atoms in total. The molecule has 0 aliphatic heterocycles. The molecule has 0 amide bonds. The van der Waals surface area contributed by atoms with E-state index in [0.717, 1.165) is 10.0 Å². The molecule has 2 unspecified atom stereocenters. The molecule has 1 aromatic rings. The molecule has 0 aromatic heterocycles. The highest BCUT2D eigenvalue weighted by Gasteiger charge is 2.26. The van der Waals surface area contributed by atoms with Crippen LogP contribution in [0.1, 0.15) is 44.7 Å². The molecule has 0 heterocycles. The monoisotopic (exact) mass is 337 g/mol. The summed E-state index contributed by atoms with van der Waals surface area (Å²) in [6.45, 7) is 3.94. The van der Waals surface area contributed by atoms with Crippen LogP contribution in [0.25, 0.3) is 0 Å². The van der Waals surface area contributed by atoms with Gasteiger partial charge in [-0.3, -0.25) is 0 Å². The number of hydrogen-bond donors (Lipinski definition) is 1. The molecular weight excluding hydrogens is 319 g/mol. The lowest BCUT2D eigenvalue weighted by atomic mass is 10.1. The molecule has 108 valence electrons. The number of benzene rings is 1. The van der Waals surface area contributed by atoms with Gasteiger partial charge in [0.2, 0.25) is 0 Å². The van der Waals surface area contributed by atoms with E-state index >= 15 is 0 Å². The van der Waals surface area contributed by atoms with Crippen LogP contribution in [0.4, 0.5) is 13.2 Å². The van der Waals surface area contributed by atoms with E-state index in [0.29, 0.717) is 6.42 Å². The molecule has 5 heteroatoms. The van der Waals surface area contributed by atoms with E-state index in [1.54, 1.807) is 0 Å². The first-order chi connectivity index (χ1) is 8.78. The third-order valence-electron chi connectivity index (χ3n) is 2.98. The van der Waals surface area contributed by atoms with Crippen molar-refractivity contribution in [3.05, 3.63) is 34.3 Å². The number of rotatable bonds is 6. The Hall–Kier alpha value is -0.550. The highest BCUT2D eigenvalue weighted by Crippen LogP contribution is 2.23. The minimum atomic E-state index is -4.05. The van der Waals surface area contributed by atoms with Gasteiger partial charge in [0.25, 0.3) is 0 Å². The molecule has 0 saturated heterocycles. The lowest BCUT2D eigenvalue weighted by Gasteiger charge is -2.20. The number of halogens is 4. The fraction of sp³-hybridized carbons (Fsp3) is 0.571. The Morgan fingerprint density at radius 1 is 1.26 bits per heavy atom. The van der Waals surface area contributed by atoms with Crippen molar-refractivity contribution in [2.45, 2.75) is 51.4 Å². The van der Waals surface area contributed by atoms with Crippen LogP contribution in [-0.2, 0) is 0 Å². The molecule has 19 heavy (non-hydrogen) atoms. The average molecular weight is 338 g/mol. The number of hydrogen-bond acceptors (Lipinski definition) is 1. The SMILES string of the molecule is CC(CCCC(F)(F)F)NC(C)c1cccc(Br)c1. The highest BCUT2D eigenvalue weighted by molar-refractivity contribution is 9.10. The molecule has 1 N–H and O–H groups in total. The van der Waals surface area contributed by atoms with Crippen molar-refractivity contribution in [1.29, 1.82) is 0 Å². The minimum Gasteiger partial charge on any atom is -0.308 e. The van der Waals surface area contributed by atoms with Crippen molar-refractivity contribution in [3.8, 4) is 0 Å². The second-order valence-electron chi connectivity index (χ2n) is 4.85. The van der Waals surface area contributed by atoms with Crippen LogP contribution in [0.3, 0.4) is 0 Å². The standard InChI is InChI=1S/C14H19BrF3N/c1-10(5-4-8-14(16,17)18)19-11(2)12-6-3-7-13(15)9-12/h3,6-7,9-11,19H,4-5,8H2,1-2H3. The number of nitrogens with one attached hydrogen (secondary N) is 1. The van der Waals surface area contributed by atoms with Crippen LogP contribution >= 0.6 is 15.9 Å². The zero-order valence-corrected chi connectivity index (χ0v) is 12.7. The molecular formula is C14H19BrF3N. The van der Waals surface area contributed by atoms with E-state index in [-0.39, 0.29) is 18.5 Å². The maximum atomic E-state index is 12.1. The van der Waals surface area contributed by atoms with Crippen LogP contribution in [0.15, 0.2) is 28.7 Å². The van der Waals surface area contributed by atoms with Gasteiger partial charge in [0, 0.05) is 23.0 Å². The fourth-order valence-electron chi connectivity index (χ4n) is 1.99. The summed E-state index contributed by atoms with van der Waals surface area (Å²) in [5.41, 5.74) is 1.12. The fourth-order valence-corrected chi connectivity index (χ4v) is 2.41. The molecule has 0 bridgehead atoms. The summed E-state index contributed by atoms with van der Waals surface area (Å²) in [6.07, 6.45) is -4.05. The van der Waals surface area contributed by atoms with Gasteiger partial charge in [-0.2, -0.15) is 13.2 Å². The Balaban J connectivity index is 2.38. The molecule has 1 aromatic carbocycles. The second kappa shape index (κ2) is 7.29. The van der Waals surface area contributed by atoms with E-state index in [1.807, 2.05) is 38.1 Å². The predicted molar refractivity (Wildman–Crippen MR) is 75.1 cm³/mol. The van der Waals surface area contributed by atoms with Crippen LogP contribution in [0.2, 0.25) is 0 Å². The molecule has 0 saturated carbocycles. The highest BCUT2D eigenvalue weighted by atomic mass is 79.9. The summed E-state index contributed by atoms with van der Waals surface area (Å²) >= 11 is 3.41. The number of alkyl halides is 3. The van der Waals surface area contributed by atoms with Gasteiger partial charge in [0.1, 0.15) is 0 Å². The third kappa shape index (κ3) is 6.97. The van der Waals surface area contributed by atoms with E-state index < -0.39 is 12.6 Å². The molecule has 0 spiro atoms. The van der Waals surface area contributed by atoms with Gasteiger partial charge in [-0.25, -0.2) is 0 Å². The normalized spacial score (nSPS) is 15.3. The van der Waals surface area contributed by atoms with Gasteiger partial charge in [-0.1, -0.05) is 28.1 Å². The first-order valence-corrected chi connectivity index (χ1v) is 7.15. The molecule has 0 aliphatic carbocycles. The van der Waals surface area contributed by atoms with E-state index in [2.05, 4.69) is 21.2 Å². The van der Waals surface area contributed by atoms with Crippen molar-refractivity contribution in [3.63, 3.8) is 0 Å². The quantitative estimate of drug-likeness (QED) is 0.750. The zero-order valence-electron chi connectivity index (χ0n) is 11.1. The van der Waals surface area contributed by atoms with Crippen molar-refractivity contribution < 1.29 is 13.2 Å². The summed E-state index contributed by atoms with van der Waals surface area (Å²) in [4.78, 5) is 0. The van der Waals surface area contributed by atoms with Gasteiger partial charge in [0.05, 0.1) is 0 Å². The Bertz CT molecular complexity index is 393. The first kappa shape index (κ1) is 16.5. The summed E-state index contributed by atoms with van der Waals surface area (Å²) in [6, 6.07) is 8.11. The van der Waals surface area contributed by atoms with Crippen LogP contribution in [-0.4, -0.2) is 12.2 Å². The summed E-state index contributed by atoms with van der Waals surface area (Å²) in [5, 5.41) is 3.32. The summed E-state index contributed by atoms with van der Waals surface area (Å²) < 4.78 is 37.2. The molecule has 0 fully saturated rings. The van der Waals surface area contributed by atoms with Gasteiger partial charge in [0.15, 0.2) is 0 Å². The van der Waals surface area contributed by atoms with Crippen molar-refractivity contribution in [2.75, 3.05) is 0 Å². The first-order valence-electron chi connectivity index (χ1n) is 6.36. The van der Waals surface area contributed by atoms with E-state index in [9.17, 15) is 13.2 Å².